The molecule has 27 heteroatoms. The number of alkyl halides is 1. The molecule has 0 aromatic carbocycles. The number of hydrogen-bond acceptors (Lipinski definition) is 16. The summed E-state index contributed by atoms with van der Waals surface area (Å²) in [5.74, 6) is -13.5. The van der Waals surface area contributed by atoms with Gasteiger partial charge in [0.2, 0.25) is 41.4 Å². The van der Waals surface area contributed by atoms with Crippen LogP contribution in [0.5, 0.6) is 0 Å². The van der Waals surface area contributed by atoms with E-state index in [1.54, 1.807) is 0 Å². The number of unbranched alkanes of at least 4 members (excludes halogenated alkanes) is 1. The molecule has 1 rings (SSSR count). The number of aliphatic hydroxyl groups excluding tert-OH is 1. The van der Waals surface area contributed by atoms with Crippen molar-refractivity contribution in [2.75, 3.05) is 38.7 Å². The molecule has 1 heterocycles. The summed E-state index contributed by atoms with van der Waals surface area (Å²) in [6.07, 6.45) is -3.07. The number of aliphatic carboxylic acids is 2. The Morgan fingerprint density at radius 2 is 1.30 bits per heavy atom. The molecule has 0 saturated carbocycles. The highest BCUT2D eigenvalue weighted by molar-refractivity contribution is 6.18. The van der Waals surface area contributed by atoms with E-state index in [-0.39, 0.29) is 51.1 Å². The second-order valence-corrected chi connectivity index (χ2v) is 14.1. The van der Waals surface area contributed by atoms with Gasteiger partial charge < -0.3 is 79.8 Å². The van der Waals surface area contributed by atoms with Crippen molar-refractivity contribution in [3.63, 3.8) is 0 Å². The summed E-state index contributed by atoms with van der Waals surface area (Å²) in [6, 6.07) is -9.88. The highest BCUT2D eigenvalue weighted by atomic mass is 35.5. The summed E-state index contributed by atoms with van der Waals surface area (Å²) in [6.45, 7) is 4.03. The molecule has 0 spiro atoms. The average molecular weight is 936 g/mol. The quantitative estimate of drug-likeness (QED) is 0.0354. The lowest BCUT2D eigenvalue weighted by Crippen LogP contribution is -2.60. The van der Waals surface area contributed by atoms with Gasteiger partial charge in [-0.2, -0.15) is 0 Å². The molecular weight excluding hydrogens is 874 g/mol. The third-order valence-electron chi connectivity index (χ3n) is 8.69. The van der Waals surface area contributed by atoms with Crippen LogP contribution in [0.4, 0.5) is 0 Å². The van der Waals surface area contributed by atoms with Crippen molar-refractivity contribution in [2.24, 2.45) is 17.2 Å². The van der Waals surface area contributed by atoms with Gasteiger partial charge in [-0.15, -0.1) is 11.6 Å². The monoisotopic (exact) mass is 935 g/mol. The molecule has 0 radical (unpaired) electrons. The van der Waals surface area contributed by atoms with Crippen molar-refractivity contribution in [3.05, 3.63) is 11.8 Å². The number of allylic oxidation sites excluding steroid dienone is 1. The fraction of sp³-hybridized carbons (Fsp3) is 0.649. The van der Waals surface area contributed by atoms with Crippen LogP contribution in [0.15, 0.2) is 11.8 Å². The highest BCUT2D eigenvalue weighted by Crippen LogP contribution is 2.08. The predicted molar refractivity (Wildman–Crippen MR) is 225 cm³/mol. The fourth-order valence-corrected chi connectivity index (χ4v) is 5.58. The van der Waals surface area contributed by atoms with Crippen molar-refractivity contribution in [1.29, 1.82) is 0 Å². The number of carboxylic acid groups (broad SMARTS) is 2. The number of rotatable bonds is 13. The van der Waals surface area contributed by atoms with Gasteiger partial charge >= 0.3 is 17.9 Å². The summed E-state index contributed by atoms with van der Waals surface area (Å²) < 4.78 is 5.03. The molecule has 362 valence electrons. The van der Waals surface area contributed by atoms with Crippen LogP contribution in [0.25, 0.3) is 0 Å². The van der Waals surface area contributed by atoms with E-state index < -0.39 is 139 Å². The molecule has 17 N–H and O–H groups in total. The Labute approximate surface area is 373 Å². The molecule has 26 nitrogen and oxygen atoms in total. The minimum absolute atomic E-state index is 0.0626. The Morgan fingerprint density at radius 1 is 0.734 bits per heavy atom. The van der Waals surface area contributed by atoms with Gasteiger partial charge in [0, 0.05) is 5.88 Å². The van der Waals surface area contributed by atoms with Crippen molar-refractivity contribution in [2.45, 2.75) is 114 Å². The number of nitrogens with one attached hydrogen (secondary N) is 8. The molecule has 1 aliphatic rings. The van der Waals surface area contributed by atoms with Crippen molar-refractivity contribution >= 4 is 76.8 Å². The first-order valence-corrected chi connectivity index (χ1v) is 20.8. The Kier molecular flexibility index (Phi) is 28.8. The van der Waals surface area contributed by atoms with Crippen molar-refractivity contribution < 1.29 is 72.8 Å². The molecule has 1 fully saturated rings. The molecular formula is C37H62ClN11O15. The lowest BCUT2D eigenvalue weighted by atomic mass is 10.1. The highest BCUT2D eigenvalue weighted by Gasteiger charge is 2.37. The molecule has 0 aromatic rings. The fourth-order valence-electron chi connectivity index (χ4n) is 5.36. The predicted octanol–water partition coefficient (Wildman–Crippen LogP) is -5.62. The first-order chi connectivity index (χ1) is 30.2. The van der Waals surface area contributed by atoms with Gasteiger partial charge in [-0.05, 0) is 65.1 Å². The van der Waals surface area contributed by atoms with E-state index in [0.29, 0.717) is 6.42 Å². The number of amides is 8. The Bertz CT molecular complexity index is 1670. The minimum atomic E-state index is -2.60. The average Bonchev–Trinajstić information content (AvgIpc) is 3.23. The summed E-state index contributed by atoms with van der Waals surface area (Å²) in [5.41, 5.74) is 15.6. The number of esters is 1. The standard InChI is InChI=1S/C35H55ClN10O15.C2H7N/c1-3-17-28(52)41-18(4-2)29(53)46-26(27(51)34(58)59)33(57)45-21(8-11-36)35(60)61-14-10-23(47)39-16-24(48)40-22(15-25(49)50)32(56)43-19(7-5-6-12-37)30(54)44-20(9-13-38)31(55)42-17;1-2-3/h4,17,19-22,26-27,51H,3,5-16,37-38H2,1-2H3,(H,39,47)(H,40,48)(H,41,52)(H,42,55)(H,43,56)(H,44,54)(H,45,57)(H,46,53)(H,49,50)(H,58,59);2-3H2,1H3/b18-4-;. The van der Waals surface area contributed by atoms with Gasteiger partial charge in [0.05, 0.1) is 19.4 Å². The smallest absolute Gasteiger partial charge is 0.335 e. The summed E-state index contributed by atoms with van der Waals surface area (Å²) in [5, 5.41) is 47.2. The van der Waals surface area contributed by atoms with Crippen LogP contribution in [-0.4, -0.2) is 162 Å². The Balaban J connectivity index is 0.0000128. The maximum atomic E-state index is 13.6. The molecule has 1 aliphatic heterocycles. The van der Waals surface area contributed by atoms with E-state index in [1.165, 1.54) is 13.8 Å². The van der Waals surface area contributed by atoms with Crippen LogP contribution in [0.3, 0.4) is 0 Å². The van der Waals surface area contributed by atoms with Gasteiger partial charge in [-0.3, -0.25) is 43.2 Å². The maximum absolute atomic E-state index is 13.6. The lowest BCUT2D eigenvalue weighted by Gasteiger charge is -2.26. The third-order valence-corrected chi connectivity index (χ3v) is 8.91. The SMILES string of the molecule is C/C=C1\NC(=O)C(CC)NC(=O)C(CCN)NC(=O)C(CCCCN)NC(=O)C(CC(=O)O)NC(=O)CNC(=O)CCOC(=O)C(CCCl)NC(=O)C(C(O)C(=O)O)NC1=O.CCN. The topological polar surface area (TPSA) is 432 Å². The molecule has 64 heavy (non-hydrogen) atoms. The first kappa shape index (κ1) is 58.0. The van der Waals surface area contributed by atoms with Crippen LogP contribution in [0, 0.1) is 0 Å². The molecule has 8 amide bonds. The van der Waals surface area contributed by atoms with Gasteiger partial charge in [0.15, 0.2) is 6.10 Å². The number of ether oxygens (including phenoxy) is 1. The van der Waals surface area contributed by atoms with E-state index in [9.17, 15) is 68.1 Å². The number of aliphatic hydroxyl groups is 1. The number of carbonyl (C=O) groups is 11. The van der Waals surface area contributed by atoms with E-state index in [2.05, 4.69) is 37.2 Å². The van der Waals surface area contributed by atoms with Crippen LogP contribution < -0.4 is 59.7 Å². The van der Waals surface area contributed by atoms with Gasteiger partial charge in [-0.25, -0.2) is 9.59 Å². The first-order valence-electron chi connectivity index (χ1n) is 20.3. The van der Waals surface area contributed by atoms with Gasteiger partial charge in [0.25, 0.3) is 5.91 Å². The number of carbonyl (C=O) groups excluding carboxylic acids is 9. The zero-order valence-electron chi connectivity index (χ0n) is 35.9. The van der Waals surface area contributed by atoms with E-state index in [0.717, 1.165) is 12.6 Å². The van der Waals surface area contributed by atoms with Crippen LogP contribution >= 0.6 is 11.6 Å². The zero-order valence-corrected chi connectivity index (χ0v) is 36.6. The molecule has 0 aromatic heterocycles. The van der Waals surface area contributed by atoms with Crippen LogP contribution in [0.2, 0.25) is 0 Å². The molecule has 1 saturated heterocycles. The van der Waals surface area contributed by atoms with Crippen molar-refractivity contribution in [1.82, 2.24) is 42.5 Å². The van der Waals surface area contributed by atoms with Crippen LogP contribution in [-0.2, 0) is 57.5 Å². The molecule has 0 bridgehead atoms. The maximum Gasteiger partial charge on any atom is 0.335 e. The van der Waals surface area contributed by atoms with E-state index in [4.69, 9.17) is 33.5 Å². The Hall–Kier alpha value is -5.96. The van der Waals surface area contributed by atoms with E-state index >= 15 is 0 Å². The van der Waals surface area contributed by atoms with E-state index in [1.807, 2.05) is 12.2 Å². The number of halogens is 1. The third kappa shape index (κ3) is 21.9. The summed E-state index contributed by atoms with van der Waals surface area (Å²) in [7, 11) is 0. The number of hydrogen-bond donors (Lipinski definition) is 14. The number of carboxylic acids is 2. The molecule has 7 atom stereocenters. The lowest BCUT2D eigenvalue weighted by molar-refractivity contribution is -0.153. The largest absolute Gasteiger partial charge is 0.481 e. The van der Waals surface area contributed by atoms with Crippen LogP contribution in [0.1, 0.15) is 72.1 Å². The summed E-state index contributed by atoms with van der Waals surface area (Å²) >= 11 is 5.78. The molecule has 7 unspecified atom stereocenters. The summed E-state index contributed by atoms with van der Waals surface area (Å²) in [4.78, 5) is 142. The second-order valence-electron chi connectivity index (χ2n) is 13.7. The number of nitrogens with two attached hydrogens (primary N) is 3. The van der Waals surface area contributed by atoms with Crippen molar-refractivity contribution in [3.8, 4) is 0 Å². The van der Waals surface area contributed by atoms with Gasteiger partial charge in [0.1, 0.15) is 48.6 Å². The minimum Gasteiger partial charge on any atom is -0.481 e. The second kappa shape index (κ2) is 31.8. The molecule has 0 aliphatic carbocycles. The number of cyclic esters (lactones) is 1. The normalized spacial score (nSPS) is 24.2. The Morgan fingerprint density at radius 3 is 1.81 bits per heavy atom. The zero-order chi connectivity index (χ0) is 48.9. The van der Waals surface area contributed by atoms with Gasteiger partial charge in [-0.1, -0.05) is 19.9 Å².